The number of hydrogen-bond donors (Lipinski definition) is 1. The van der Waals surface area contributed by atoms with E-state index in [1.54, 1.807) is 6.07 Å². The van der Waals surface area contributed by atoms with Crippen molar-refractivity contribution in [3.8, 4) is 5.75 Å². The van der Waals surface area contributed by atoms with Gasteiger partial charge in [-0.1, -0.05) is 11.6 Å². The molecule has 0 unspecified atom stereocenters. The summed E-state index contributed by atoms with van der Waals surface area (Å²) in [4.78, 5) is 9.87. The van der Waals surface area contributed by atoms with Crippen LogP contribution in [0, 0.1) is 10.1 Å². The molecule has 0 amide bonds. The Balaban J connectivity index is 2.76. The lowest BCUT2D eigenvalue weighted by atomic mass is 10.2. The largest absolute Gasteiger partial charge is 0.502 e. The molecule has 1 N–H and O–H groups in total. The van der Waals surface area contributed by atoms with Crippen LogP contribution in [0.3, 0.4) is 0 Å². The molecule has 0 aliphatic carbocycles. The number of nitrogens with zero attached hydrogens (tertiary/aromatic N) is 1. The number of thiophene rings is 1. The van der Waals surface area contributed by atoms with Crippen molar-refractivity contribution in [2.75, 3.05) is 0 Å². The summed E-state index contributed by atoms with van der Waals surface area (Å²) in [5, 5.41) is 20.5. The summed E-state index contributed by atoms with van der Waals surface area (Å²) < 4.78 is 1.24. The smallest absolute Gasteiger partial charge is 0.312 e. The minimum Gasteiger partial charge on any atom is -0.502 e. The van der Waals surface area contributed by atoms with Crippen molar-refractivity contribution in [3.05, 3.63) is 32.6 Å². The second-order valence-electron chi connectivity index (χ2n) is 2.69. The molecule has 0 aliphatic rings. The molecular weight excluding hydrogens is 226 g/mol. The second kappa shape index (κ2) is 3.11. The summed E-state index contributed by atoms with van der Waals surface area (Å²) in [6.07, 6.45) is 0. The fraction of sp³-hybridized carbons (Fsp3) is 0. The minimum atomic E-state index is -0.623. The van der Waals surface area contributed by atoms with Crippen LogP contribution >= 0.6 is 22.9 Å². The van der Waals surface area contributed by atoms with Gasteiger partial charge in [-0.15, -0.1) is 11.3 Å². The molecule has 0 aliphatic heterocycles. The number of nitro groups is 1. The van der Waals surface area contributed by atoms with Gasteiger partial charge in [0.05, 0.1) is 9.26 Å². The van der Waals surface area contributed by atoms with E-state index in [4.69, 9.17) is 11.6 Å². The number of benzene rings is 1. The maximum atomic E-state index is 10.5. The number of fused-ring (bicyclic) bond motifs is 1. The Morgan fingerprint density at radius 1 is 1.43 bits per heavy atom. The first-order valence-electron chi connectivity index (χ1n) is 3.64. The lowest BCUT2D eigenvalue weighted by Crippen LogP contribution is -1.87. The monoisotopic (exact) mass is 229 g/mol. The molecule has 6 heteroatoms. The number of phenols is 1. The summed E-state index contributed by atoms with van der Waals surface area (Å²) >= 11 is 6.98. The summed E-state index contributed by atoms with van der Waals surface area (Å²) in [7, 11) is 0. The Labute approximate surface area is 87.5 Å². The first kappa shape index (κ1) is 9.23. The quantitative estimate of drug-likeness (QED) is 0.603. The fourth-order valence-electron chi connectivity index (χ4n) is 1.18. The van der Waals surface area contributed by atoms with Gasteiger partial charge in [-0.05, 0) is 17.5 Å². The molecular formula is C8H4ClNO3S. The van der Waals surface area contributed by atoms with Gasteiger partial charge < -0.3 is 5.11 Å². The average molecular weight is 230 g/mol. The van der Waals surface area contributed by atoms with Gasteiger partial charge in [0, 0.05) is 10.8 Å². The molecule has 1 aromatic heterocycles. The highest BCUT2D eigenvalue weighted by molar-refractivity contribution is 7.22. The van der Waals surface area contributed by atoms with E-state index in [0.717, 1.165) is 0 Å². The molecule has 0 fully saturated rings. The van der Waals surface area contributed by atoms with Crippen molar-refractivity contribution in [3.63, 3.8) is 0 Å². The van der Waals surface area contributed by atoms with E-state index < -0.39 is 4.92 Å². The van der Waals surface area contributed by atoms with E-state index >= 15 is 0 Å². The van der Waals surface area contributed by atoms with Crippen LogP contribution in [0.15, 0.2) is 18.2 Å². The van der Waals surface area contributed by atoms with Crippen molar-refractivity contribution >= 4 is 38.7 Å². The third-order valence-electron chi connectivity index (χ3n) is 1.78. The summed E-state index contributed by atoms with van der Waals surface area (Å²) in [6.45, 7) is 0. The normalized spacial score (nSPS) is 10.6. The Kier molecular flexibility index (Phi) is 2.05. The number of halogens is 1. The zero-order valence-electron chi connectivity index (χ0n) is 6.73. The van der Waals surface area contributed by atoms with Crippen LogP contribution < -0.4 is 0 Å². The van der Waals surface area contributed by atoms with Crippen LogP contribution in [0.5, 0.6) is 5.75 Å². The van der Waals surface area contributed by atoms with E-state index in [-0.39, 0.29) is 11.4 Å². The molecule has 4 nitrogen and oxygen atoms in total. The zero-order valence-corrected chi connectivity index (χ0v) is 8.30. The number of aromatic hydroxyl groups is 1. The van der Waals surface area contributed by atoms with Crippen molar-refractivity contribution in [1.29, 1.82) is 0 Å². The average Bonchev–Trinajstić information content (AvgIpc) is 2.42. The first-order valence-corrected chi connectivity index (χ1v) is 4.84. The molecule has 72 valence electrons. The van der Waals surface area contributed by atoms with Crippen molar-refractivity contribution in [2.45, 2.75) is 0 Å². The Morgan fingerprint density at radius 3 is 2.79 bits per heavy atom. The van der Waals surface area contributed by atoms with Crippen molar-refractivity contribution in [1.82, 2.24) is 0 Å². The van der Waals surface area contributed by atoms with Crippen LogP contribution in [0.2, 0.25) is 4.34 Å². The minimum absolute atomic E-state index is 0.295. The molecule has 0 spiro atoms. The predicted molar refractivity (Wildman–Crippen MR) is 55.2 cm³/mol. The Hall–Kier alpha value is -1.33. The summed E-state index contributed by atoms with van der Waals surface area (Å²) in [6, 6.07) is 4.32. The SMILES string of the molecule is O=[N+]([O-])c1cc2sc(Cl)cc2cc1O. The van der Waals surface area contributed by atoms with E-state index in [9.17, 15) is 15.2 Å². The third kappa shape index (κ3) is 1.40. The van der Waals surface area contributed by atoms with Gasteiger partial charge in [-0.3, -0.25) is 10.1 Å². The van der Waals surface area contributed by atoms with Gasteiger partial charge in [-0.2, -0.15) is 0 Å². The second-order valence-corrected chi connectivity index (χ2v) is 4.40. The van der Waals surface area contributed by atoms with Crippen LogP contribution in [0.4, 0.5) is 5.69 Å². The van der Waals surface area contributed by atoms with E-state index in [1.165, 1.54) is 23.5 Å². The maximum absolute atomic E-state index is 10.5. The van der Waals surface area contributed by atoms with Crippen molar-refractivity contribution in [2.24, 2.45) is 0 Å². The zero-order chi connectivity index (χ0) is 10.3. The standard InChI is InChI=1S/C8H4ClNO3S/c9-8-2-4-1-6(11)5(10(12)13)3-7(4)14-8/h1-3,11H. The summed E-state index contributed by atoms with van der Waals surface area (Å²) in [5.41, 5.74) is -0.295. The van der Waals surface area contributed by atoms with Gasteiger partial charge in [0.25, 0.3) is 0 Å². The molecule has 0 saturated carbocycles. The number of nitro benzene ring substituents is 1. The van der Waals surface area contributed by atoms with Crippen LogP contribution in [0.25, 0.3) is 10.1 Å². The molecule has 14 heavy (non-hydrogen) atoms. The van der Waals surface area contributed by atoms with Gasteiger partial charge in [0.2, 0.25) is 0 Å². The molecule has 2 aromatic rings. The number of hydrogen-bond acceptors (Lipinski definition) is 4. The molecule has 1 heterocycles. The summed E-state index contributed by atoms with van der Waals surface area (Å²) in [5.74, 6) is -0.336. The number of phenolic OH excluding ortho intramolecular Hbond substituents is 1. The van der Waals surface area contributed by atoms with Gasteiger partial charge in [0.1, 0.15) is 0 Å². The maximum Gasteiger partial charge on any atom is 0.312 e. The van der Waals surface area contributed by atoms with Crippen LogP contribution in [-0.4, -0.2) is 10.0 Å². The number of rotatable bonds is 1. The first-order chi connectivity index (χ1) is 6.58. The van der Waals surface area contributed by atoms with Crippen molar-refractivity contribution < 1.29 is 10.0 Å². The molecule has 0 saturated heterocycles. The molecule has 0 bridgehead atoms. The lowest BCUT2D eigenvalue weighted by Gasteiger charge is -1.95. The predicted octanol–water partition coefficient (Wildman–Crippen LogP) is 3.17. The molecule has 0 radical (unpaired) electrons. The fourth-order valence-corrected chi connectivity index (χ4v) is 2.35. The van der Waals surface area contributed by atoms with Crippen LogP contribution in [-0.2, 0) is 0 Å². The van der Waals surface area contributed by atoms with Gasteiger partial charge in [0.15, 0.2) is 5.75 Å². The topological polar surface area (TPSA) is 63.4 Å². The molecule has 0 atom stereocenters. The Morgan fingerprint density at radius 2 is 2.14 bits per heavy atom. The van der Waals surface area contributed by atoms with Gasteiger partial charge >= 0.3 is 5.69 Å². The highest BCUT2D eigenvalue weighted by Gasteiger charge is 2.15. The molecule has 1 aromatic carbocycles. The van der Waals surface area contributed by atoms with E-state index in [2.05, 4.69) is 0 Å². The van der Waals surface area contributed by atoms with E-state index in [0.29, 0.717) is 14.4 Å². The highest BCUT2D eigenvalue weighted by atomic mass is 35.5. The third-order valence-corrected chi connectivity index (χ3v) is 3.01. The van der Waals surface area contributed by atoms with E-state index in [1.807, 2.05) is 0 Å². The highest BCUT2D eigenvalue weighted by Crippen LogP contribution is 2.36. The Bertz CT molecular complexity index is 523. The molecule has 2 rings (SSSR count). The van der Waals surface area contributed by atoms with Gasteiger partial charge in [-0.25, -0.2) is 0 Å². The lowest BCUT2D eigenvalue weighted by molar-refractivity contribution is -0.385. The van der Waals surface area contributed by atoms with Crippen LogP contribution in [0.1, 0.15) is 0 Å².